The molecule has 146 valence electrons. The van der Waals surface area contributed by atoms with Gasteiger partial charge in [0.2, 0.25) is 0 Å². The second-order valence-corrected chi connectivity index (χ2v) is 10.1. The second-order valence-electron chi connectivity index (χ2n) is 6.77. The fourth-order valence-electron chi connectivity index (χ4n) is 3.30. The Bertz CT molecular complexity index is 1150. The maximum absolute atomic E-state index is 14.0. The van der Waals surface area contributed by atoms with Crippen LogP contribution in [0.3, 0.4) is 0 Å². The summed E-state index contributed by atoms with van der Waals surface area (Å²) in [5.74, 6) is -0.0682. The standard InChI is InChI=1S/C19H18FN3O3S2/c1-12-10-18(23(22-12)13-8-9-28(25,26)11-13)21-19(24)17-7-6-16(27-17)14-4-2-3-5-15(14)20/h2-7,10,13H,8-9,11H2,1H3,(H,21,24)/t13-/m1/s1. The molecule has 1 aliphatic rings. The molecule has 6 nitrogen and oxygen atoms in total. The lowest BCUT2D eigenvalue weighted by Crippen LogP contribution is -2.19. The Hall–Kier alpha value is -2.52. The predicted molar refractivity (Wildman–Crippen MR) is 107 cm³/mol. The molecule has 1 saturated heterocycles. The van der Waals surface area contributed by atoms with Crippen LogP contribution in [-0.2, 0) is 9.84 Å². The van der Waals surface area contributed by atoms with Crippen LogP contribution in [0.2, 0.25) is 0 Å². The molecule has 0 aliphatic carbocycles. The summed E-state index contributed by atoms with van der Waals surface area (Å²) in [5, 5.41) is 7.18. The summed E-state index contributed by atoms with van der Waals surface area (Å²) in [6, 6.07) is 11.2. The zero-order valence-corrected chi connectivity index (χ0v) is 16.7. The number of nitrogens with zero attached hydrogens (tertiary/aromatic N) is 2. The number of halogens is 1. The molecule has 28 heavy (non-hydrogen) atoms. The molecular formula is C19H18FN3O3S2. The molecule has 1 fully saturated rings. The molecule has 0 unspecified atom stereocenters. The van der Waals surface area contributed by atoms with E-state index in [1.165, 1.54) is 17.4 Å². The van der Waals surface area contributed by atoms with Crippen molar-refractivity contribution in [2.24, 2.45) is 0 Å². The summed E-state index contributed by atoms with van der Waals surface area (Å²) in [7, 11) is -3.07. The molecule has 4 rings (SSSR count). The molecule has 0 spiro atoms. The Morgan fingerprint density at radius 3 is 2.79 bits per heavy atom. The molecule has 1 amide bonds. The Balaban J connectivity index is 1.56. The number of nitrogens with one attached hydrogen (secondary N) is 1. The van der Waals surface area contributed by atoms with Gasteiger partial charge in [0.15, 0.2) is 9.84 Å². The fraction of sp³-hybridized carbons (Fsp3) is 0.263. The van der Waals surface area contributed by atoms with Crippen molar-refractivity contribution >= 4 is 32.9 Å². The zero-order valence-electron chi connectivity index (χ0n) is 15.1. The first-order valence-corrected chi connectivity index (χ1v) is 11.4. The Labute approximate surface area is 165 Å². The quantitative estimate of drug-likeness (QED) is 0.700. The monoisotopic (exact) mass is 419 g/mol. The minimum atomic E-state index is -3.07. The number of aromatic nitrogens is 2. The van der Waals surface area contributed by atoms with Gasteiger partial charge in [-0.3, -0.25) is 4.79 Å². The molecule has 9 heteroatoms. The Morgan fingerprint density at radius 2 is 2.07 bits per heavy atom. The highest BCUT2D eigenvalue weighted by atomic mass is 32.2. The summed E-state index contributed by atoms with van der Waals surface area (Å²) in [6.07, 6.45) is 0.475. The van der Waals surface area contributed by atoms with Crippen LogP contribution < -0.4 is 5.32 Å². The topological polar surface area (TPSA) is 81.1 Å². The van der Waals surface area contributed by atoms with E-state index >= 15 is 0 Å². The number of thiophene rings is 1. The van der Waals surface area contributed by atoms with Gasteiger partial charge in [-0.1, -0.05) is 18.2 Å². The smallest absolute Gasteiger partial charge is 0.266 e. The van der Waals surface area contributed by atoms with Gasteiger partial charge in [-0.25, -0.2) is 17.5 Å². The third kappa shape index (κ3) is 3.72. The van der Waals surface area contributed by atoms with Crippen LogP contribution in [0.25, 0.3) is 10.4 Å². The van der Waals surface area contributed by atoms with E-state index in [-0.39, 0.29) is 29.3 Å². The van der Waals surface area contributed by atoms with Gasteiger partial charge in [0, 0.05) is 16.5 Å². The van der Waals surface area contributed by atoms with E-state index in [1.54, 1.807) is 48.0 Å². The van der Waals surface area contributed by atoms with Gasteiger partial charge in [0.1, 0.15) is 11.6 Å². The molecule has 1 N–H and O–H groups in total. The maximum atomic E-state index is 14.0. The summed E-state index contributed by atoms with van der Waals surface area (Å²) in [4.78, 5) is 13.8. The number of hydrogen-bond acceptors (Lipinski definition) is 5. The van der Waals surface area contributed by atoms with Crippen molar-refractivity contribution in [1.29, 1.82) is 0 Å². The van der Waals surface area contributed by atoms with Crippen molar-refractivity contribution in [3.8, 4) is 10.4 Å². The highest BCUT2D eigenvalue weighted by molar-refractivity contribution is 7.91. The van der Waals surface area contributed by atoms with E-state index in [1.807, 2.05) is 0 Å². The van der Waals surface area contributed by atoms with Crippen LogP contribution >= 0.6 is 11.3 Å². The summed E-state index contributed by atoms with van der Waals surface area (Å²) in [5.41, 5.74) is 1.14. The molecule has 1 aromatic carbocycles. The number of sulfone groups is 1. The first-order chi connectivity index (χ1) is 13.3. The summed E-state index contributed by atoms with van der Waals surface area (Å²) < 4.78 is 39.1. The van der Waals surface area contributed by atoms with Gasteiger partial charge in [0.25, 0.3) is 5.91 Å². The normalized spacial score (nSPS) is 18.3. The molecule has 1 atom stereocenters. The lowest BCUT2D eigenvalue weighted by molar-refractivity contribution is 0.102. The average Bonchev–Trinajstić information content (AvgIpc) is 3.34. The van der Waals surface area contributed by atoms with Crippen molar-refractivity contribution in [3.63, 3.8) is 0 Å². The van der Waals surface area contributed by atoms with E-state index < -0.39 is 9.84 Å². The van der Waals surface area contributed by atoms with Crippen molar-refractivity contribution < 1.29 is 17.6 Å². The van der Waals surface area contributed by atoms with Crippen LogP contribution in [0, 0.1) is 12.7 Å². The van der Waals surface area contributed by atoms with Crippen molar-refractivity contribution in [2.45, 2.75) is 19.4 Å². The first-order valence-electron chi connectivity index (χ1n) is 8.75. The molecule has 0 saturated carbocycles. The van der Waals surface area contributed by atoms with E-state index in [0.29, 0.717) is 33.3 Å². The maximum Gasteiger partial charge on any atom is 0.266 e. The molecule has 0 radical (unpaired) electrons. The third-order valence-corrected chi connectivity index (χ3v) is 7.49. The number of aryl methyl sites for hydroxylation is 1. The summed E-state index contributed by atoms with van der Waals surface area (Å²) >= 11 is 1.19. The molecule has 1 aliphatic heterocycles. The largest absolute Gasteiger partial charge is 0.306 e. The minimum absolute atomic E-state index is 0.0213. The molecule has 3 heterocycles. The van der Waals surface area contributed by atoms with Crippen molar-refractivity contribution in [1.82, 2.24) is 9.78 Å². The minimum Gasteiger partial charge on any atom is -0.306 e. The van der Waals surface area contributed by atoms with E-state index in [2.05, 4.69) is 10.4 Å². The van der Waals surface area contributed by atoms with Crippen LogP contribution in [0.5, 0.6) is 0 Å². The third-order valence-electron chi connectivity index (χ3n) is 4.62. The van der Waals surface area contributed by atoms with Gasteiger partial charge >= 0.3 is 0 Å². The zero-order chi connectivity index (χ0) is 19.9. The number of carbonyl (C=O) groups excluding carboxylic acids is 1. The van der Waals surface area contributed by atoms with Gasteiger partial charge in [-0.05, 0) is 31.5 Å². The average molecular weight is 420 g/mol. The number of anilines is 1. The van der Waals surface area contributed by atoms with Crippen LogP contribution in [-0.4, -0.2) is 35.6 Å². The van der Waals surface area contributed by atoms with Crippen molar-refractivity contribution in [3.05, 3.63) is 58.9 Å². The van der Waals surface area contributed by atoms with Crippen LogP contribution in [0.4, 0.5) is 10.2 Å². The number of rotatable bonds is 4. The Morgan fingerprint density at radius 1 is 1.29 bits per heavy atom. The predicted octanol–water partition coefficient (Wildman–Crippen LogP) is 3.67. The van der Waals surface area contributed by atoms with Gasteiger partial charge in [0.05, 0.1) is 28.1 Å². The highest BCUT2D eigenvalue weighted by Gasteiger charge is 2.31. The van der Waals surface area contributed by atoms with Gasteiger partial charge in [-0.2, -0.15) is 5.10 Å². The summed E-state index contributed by atoms with van der Waals surface area (Å²) in [6.45, 7) is 1.79. The van der Waals surface area contributed by atoms with Gasteiger partial charge < -0.3 is 5.32 Å². The van der Waals surface area contributed by atoms with Crippen LogP contribution in [0.1, 0.15) is 27.8 Å². The molecular weight excluding hydrogens is 401 g/mol. The van der Waals surface area contributed by atoms with Gasteiger partial charge in [-0.15, -0.1) is 11.3 Å². The number of carbonyl (C=O) groups is 1. The highest BCUT2D eigenvalue weighted by Crippen LogP contribution is 2.31. The number of amides is 1. The van der Waals surface area contributed by atoms with Crippen molar-refractivity contribution in [2.75, 3.05) is 16.8 Å². The van der Waals surface area contributed by atoms with Crippen LogP contribution in [0.15, 0.2) is 42.5 Å². The Kier molecular flexibility index (Phi) is 4.80. The molecule has 0 bridgehead atoms. The fourth-order valence-corrected chi connectivity index (χ4v) is 5.92. The molecule has 2 aromatic heterocycles. The SMILES string of the molecule is Cc1cc(NC(=O)c2ccc(-c3ccccc3F)s2)n([C@@H]2CCS(=O)(=O)C2)n1. The molecule has 3 aromatic rings. The van der Waals surface area contributed by atoms with E-state index in [9.17, 15) is 17.6 Å². The lowest BCUT2D eigenvalue weighted by Gasteiger charge is -2.13. The second kappa shape index (κ2) is 7.14. The van der Waals surface area contributed by atoms with E-state index in [0.717, 1.165) is 0 Å². The lowest BCUT2D eigenvalue weighted by atomic mass is 10.2. The first kappa shape index (κ1) is 18.8. The number of hydrogen-bond donors (Lipinski definition) is 1. The van der Waals surface area contributed by atoms with E-state index in [4.69, 9.17) is 0 Å². The number of benzene rings is 1.